The minimum Gasteiger partial charge on any atom is -0.493 e. The summed E-state index contributed by atoms with van der Waals surface area (Å²) in [5.41, 5.74) is 1.09. The fourth-order valence-electron chi connectivity index (χ4n) is 2.54. The maximum absolute atomic E-state index is 12.7. The lowest BCUT2D eigenvalue weighted by atomic mass is 10.1. The summed E-state index contributed by atoms with van der Waals surface area (Å²) in [6.45, 7) is 3.92. The Labute approximate surface area is 187 Å². The third kappa shape index (κ3) is 5.07. The maximum atomic E-state index is 12.7. The van der Waals surface area contributed by atoms with Crippen molar-refractivity contribution < 1.29 is 14.3 Å². The van der Waals surface area contributed by atoms with Gasteiger partial charge in [0.1, 0.15) is 28.5 Å². The van der Waals surface area contributed by atoms with E-state index in [9.17, 15) is 20.1 Å². The number of nitrogens with zero attached hydrogens (tertiary/aromatic N) is 3. The van der Waals surface area contributed by atoms with Gasteiger partial charge in [-0.05, 0) is 43.7 Å². The molecule has 0 spiro atoms. The van der Waals surface area contributed by atoms with Crippen LogP contribution in [0.1, 0.15) is 33.3 Å². The molecule has 0 radical (unpaired) electrons. The molecular weight excluding hydrogens is 468 g/mol. The van der Waals surface area contributed by atoms with Crippen LogP contribution in [-0.4, -0.2) is 37.4 Å². The highest BCUT2D eigenvalue weighted by Gasteiger charge is 2.23. The highest BCUT2D eigenvalue weighted by Crippen LogP contribution is 2.33. The second-order valence-corrected chi connectivity index (χ2v) is 8.25. The summed E-state index contributed by atoms with van der Waals surface area (Å²) >= 11 is 4.38. The van der Waals surface area contributed by atoms with Gasteiger partial charge in [0, 0.05) is 24.1 Å². The van der Waals surface area contributed by atoms with Crippen molar-refractivity contribution in [2.24, 2.45) is 0 Å². The van der Waals surface area contributed by atoms with Gasteiger partial charge in [-0.1, -0.05) is 15.9 Å². The molecule has 0 fully saturated rings. The Bertz CT molecular complexity index is 1110. The second-order valence-electron chi connectivity index (χ2n) is 6.31. The third-order valence-electron chi connectivity index (χ3n) is 4.02. The van der Waals surface area contributed by atoms with Crippen molar-refractivity contribution in [3.05, 3.63) is 49.8 Å². The summed E-state index contributed by atoms with van der Waals surface area (Å²) in [4.78, 5) is 26.8. The number of ether oxygens (including phenoxy) is 1. The Balaban J connectivity index is 2.42. The van der Waals surface area contributed by atoms with Crippen molar-refractivity contribution in [1.82, 2.24) is 4.90 Å². The first-order valence-electron chi connectivity index (χ1n) is 8.84. The van der Waals surface area contributed by atoms with E-state index in [-0.39, 0.29) is 22.0 Å². The third-order valence-corrected chi connectivity index (χ3v) is 5.71. The van der Waals surface area contributed by atoms with Gasteiger partial charge in [0.25, 0.3) is 11.8 Å². The molecule has 1 heterocycles. The molecule has 154 valence electrons. The van der Waals surface area contributed by atoms with Crippen molar-refractivity contribution in [3.8, 4) is 17.9 Å². The number of halogens is 1. The lowest BCUT2D eigenvalue weighted by Gasteiger charge is -2.09. The predicted octanol–water partition coefficient (Wildman–Crippen LogP) is 4.34. The molecule has 0 aliphatic carbocycles. The molecule has 9 heteroatoms. The van der Waals surface area contributed by atoms with Crippen molar-refractivity contribution in [1.29, 1.82) is 10.5 Å². The van der Waals surface area contributed by atoms with E-state index in [4.69, 9.17) is 4.74 Å². The maximum Gasteiger partial charge on any atom is 0.266 e. The number of carbonyl (C=O) groups is 2. The smallest absolute Gasteiger partial charge is 0.266 e. The molecule has 7 nitrogen and oxygen atoms in total. The molecule has 0 bridgehead atoms. The topological polar surface area (TPSA) is 106 Å². The quantitative estimate of drug-likeness (QED) is 0.482. The number of amides is 2. The molecule has 1 N–H and O–H groups in total. The number of hydrogen-bond acceptors (Lipinski definition) is 6. The summed E-state index contributed by atoms with van der Waals surface area (Å²) in [7, 11) is 3.21. The van der Waals surface area contributed by atoms with Gasteiger partial charge >= 0.3 is 0 Å². The minimum atomic E-state index is -0.679. The number of carbonyl (C=O) groups excluding carboxylic acids is 2. The van der Waals surface area contributed by atoms with E-state index in [1.807, 2.05) is 19.1 Å². The first kappa shape index (κ1) is 23.1. The van der Waals surface area contributed by atoms with E-state index in [2.05, 4.69) is 21.2 Å². The van der Waals surface area contributed by atoms with Crippen LogP contribution in [0, 0.1) is 29.6 Å². The van der Waals surface area contributed by atoms with E-state index in [1.54, 1.807) is 39.2 Å². The number of anilines is 1. The predicted molar refractivity (Wildman–Crippen MR) is 119 cm³/mol. The minimum absolute atomic E-state index is 0.163. The van der Waals surface area contributed by atoms with Gasteiger partial charge in [0.15, 0.2) is 0 Å². The second kappa shape index (κ2) is 10.1. The van der Waals surface area contributed by atoms with Crippen LogP contribution in [0.15, 0.2) is 28.2 Å². The Morgan fingerprint density at radius 1 is 1.33 bits per heavy atom. The van der Waals surface area contributed by atoms with Crippen molar-refractivity contribution in [3.63, 3.8) is 0 Å². The average Bonchev–Trinajstić information content (AvgIpc) is 3.02. The van der Waals surface area contributed by atoms with E-state index < -0.39 is 5.91 Å². The first-order chi connectivity index (χ1) is 14.2. The van der Waals surface area contributed by atoms with Crippen molar-refractivity contribution >= 4 is 50.2 Å². The number of benzene rings is 1. The number of thiophene rings is 1. The molecule has 0 saturated heterocycles. The highest BCUT2D eigenvalue weighted by molar-refractivity contribution is 9.10. The van der Waals surface area contributed by atoms with Gasteiger partial charge in [-0.3, -0.25) is 9.59 Å². The van der Waals surface area contributed by atoms with Gasteiger partial charge in [-0.15, -0.1) is 11.3 Å². The fourth-order valence-corrected chi connectivity index (χ4v) is 4.09. The molecular formula is C21H19BrN4O3S. The van der Waals surface area contributed by atoms with Crippen LogP contribution in [-0.2, 0) is 4.79 Å². The van der Waals surface area contributed by atoms with Crippen LogP contribution in [0.4, 0.5) is 5.00 Å². The molecule has 0 saturated carbocycles. The number of nitrogens with one attached hydrogen (secondary N) is 1. The summed E-state index contributed by atoms with van der Waals surface area (Å²) in [6, 6.07) is 9.17. The molecule has 2 rings (SSSR count). The SMILES string of the molecule is CCOc1ccc(Br)cc1/C=C(\C#N)C(=O)Nc1sc(C(=O)N(C)C)c(C)c1C#N. The molecule has 0 aliphatic heterocycles. The van der Waals surface area contributed by atoms with Crippen LogP contribution >= 0.6 is 27.3 Å². The number of hydrogen-bond donors (Lipinski definition) is 1. The zero-order chi connectivity index (χ0) is 22.4. The molecule has 0 aliphatic rings. The molecule has 0 unspecified atom stereocenters. The van der Waals surface area contributed by atoms with Gasteiger partial charge in [-0.2, -0.15) is 10.5 Å². The zero-order valence-corrected chi connectivity index (χ0v) is 19.3. The molecule has 1 aromatic heterocycles. The van der Waals surface area contributed by atoms with Gasteiger partial charge in [0.05, 0.1) is 17.0 Å². The van der Waals surface area contributed by atoms with Crippen LogP contribution in [0.2, 0.25) is 0 Å². The summed E-state index contributed by atoms with van der Waals surface area (Å²) in [6.07, 6.45) is 1.42. The van der Waals surface area contributed by atoms with Gasteiger partial charge in [-0.25, -0.2) is 0 Å². The Kier molecular flexibility index (Phi) is 7.76. The Morgan fingerprint density at radius 3 is 2.60 bits per heavy atom. The van der Waals surface area contributed by atoms with E-state index in [0.29, 0.717) is 28.4 Å². The van der Waals surface area contributed by atoms with Crippen molar-refractivity contribution in [2.45, 2.75) is 13.8 Å². The zero-order valence-electron chi connectivity index (χ0n) is 16.9. The van der Waals surface area contributed by atoms with Gasteiger partial charge in [0.2, 0.25) is 0 Å². The molecule has 1 aromatic carbocycles. The molecule has 0 atom stereocenters. The lowest BCUT2D eigenvalue weighted by molar-refractivity contribution is -0.112. The van der Waals surface area contributed by atoms with Crippen molar-refractivity contribution in [2.75, 3.05) is 26.0 Å². The standard InChI is InChI=1S/C21H19BrN4O3S/c1-5-29-17-7-6-15(22)9-13(17)8-14(10-23)19(27)25-20-16(11-24)12(2)18(30-20)21(28)26(3)4/h6-9H,5H2,1-4H3,(H,25,27)/b14-8+. The Morgan fingerprint density at radius 2 is 2.03 bits per heavy atom. The largest absolute Gasteiger partial charge is 0.493 e. The molecule has 2 amide bonds. The van der Waals surface area contributed by atoms with Crippen LogP contribution in [0.5, 0.6) is 5.75 Å². The monoisotopic (exact) mass is 486 g/mol. The Hall–Kier alpha value is -3.14. The summed E-state index contributed by atoms with van der Waals surface area (Å²) in [5, 5.41) is 21.8. The lowest BCUT2D eigenvalue weighted by Crippen LogP contribution is -2.21. The fraction of sp³-hybridized carbons (Fsp3) is 0.238. The van der Waals surface area contributed by atoms with E-state index in [0.717, 1.165) is 15.8 Å². The van der Waals surface area contributed by atoms with Crippen LogP contribution < -0.4 is 10.1 Å². The van der Waals surface area contributed by atoms with E-state index in [1.165, 1.54) is 11.0 Å². The normalized spacial score (nSPS) is 10.7. The number of rotatable bonds is 6. The summed E-state index contributed by atoms with van der Waals surface area (Å²) < 4.78 is 6.32. The van der Waals surface area contributed by atoms with Crippen LogP contribution in [0.3, 0.4) is 0 Å². The first-order valence-corrected chi connectivity index (χ1v) is 10.4. The number of nitriles is 2. The average molecular weight is 487 g/mol. The van der Waals surface area contributed by atoms with E-state index >= 15 is 0 Å². The highest BCUT2D eigenvalue weighted by atomic mass is 79.9. The molecule has 2 aromatic rings. The van der Waals surface area contributed by atoms with Crippen LogP contribution in [0.25, 0.3) is 6.08 Å². The molecule has 30 heavy (non-hydrogen) atoms. The van der Waals surface area contributed by atoms with Gasteiger partial charge < -0.3 is 15.0 Å². The summed E-state index contributed by atoms with van der Waals surface area (Å²) in [5.74, 6) is -0.410.